The molecule has 7 heteroatoms. The summed E-state index contributed by atoms with van der Waals surface area (Å²) in [5.41, 5.74) is 2.38. The van der Waals surface area contributed by atoms with Crippen LogP contribution in [0.4, 0.5) is 5.69 Å². The molecule has 1 heterocycles. The van der Waals surface area contributed by atoms with E-state index in [0.29, 0.717) is 22.6 Å². The summed E-state index contributed by atoms with van der Waals surface area (Å²) in [6, 6.07) is 22.4. The van der Waals surface area contributed by atoms with Crippen molar-refractivity contribution in [3.05, 3.63) is 103 Å². The molecular weight excluding hydrogens is 368 g/mol. The number of amides is 1. The number of rotatable bonds is 5. The summed E-state index contributed by atoms with van der Waals surface area (Å²) in [6.07, 6.45) is 3.01. The van der Waals surface area contributed by atoms with Crippen LogP contribution in [0.25, 0.3) is 5.69 Å². The Morgan fingerprint density at radius 2 is 1.55 bits per heavy atom. The maximum Gasteiger partial charge on any atom is 0.343 e. The normalized spacial score (nSPS) is 10.3. The van der Waals surface area contributed by atoms with Gasteiger partial charge in [-0.2, -0.15) is 5.10 Å². The highest BCUT2D eigenvalue weighted by Crippen LogP contribution is 2.18. The molecule has 0 bridgehead atoms. The first-order valence-electron chi connectivity index (χ1n) is 8.83. The van der Waals surface area contributed by atoms with Gasteiger partial charge >= 0.3 is 5.97 Å². The van der Waals surface area contributed by atoms with Crippen LogP contribution in [0.1, 0.15) is 20.7 Å². The van der Waals surface area contributed by atoms with Crippen LogP contribution in [0.3, 0.4) is 0 Å². The van der Waals surface area contributed by atoms with Gasteiger partial charge < -0.3 is 10.1 Å². The fourth-order valence-corrected chi connectivity index (χ4v) is 2.66. The van der Waals surface area contributed by atoms with Gasteiger partial charge in [-0.25, -0.2) is 14.5 Å². The van der Waals surface area contributed by atoms with Crippen LogP contribution in [0.5, 0.6) is 5.75 Å². The summed E-state index contributed by atoms with van der Waals surface area (Å²) in [5, 5.41) is 6.83. The Hall–Kier alpha value is -4.26. The lowest BCUT2D eigenvalue weighted by molar-refractivity contribution is 0.0734. The largest absolute Gasteiger partial charge is 0.423 e. The van der Waals surface area contributed by atoms with E-state index in [2.05, 4.69) is 15.4 Å². The summed E-state index contributed by atoms with van der Waals surface area (Å²) in [4.78, 5) is 28.4. The lowest BCUT2D eigenvalue weighted by Gasteiger charge is -2.08. The van der Waals surface area contributed by atoms with Crippen LogP contribution in [0.15, 0.2) is 91.5 Å². The molecule has 0 aliphatic heterocycles. The number of carbonyl (C=O) groups excluding carboxylic acids is 2. The summed E-state index contributed by atoms with van der Waals surface area (Å²) in [7, 11) is 0. The number of benzene rings is 3. The molecule has 3 aromatic carbocycles. The van der Waals surface area contributed by atoms with E-state index in [4.69, 9.17) is 4.74 Å². The Morgan fingerprint density at radius 1 is 0.828 bits per heavy atom. The second-order valence-electron chi connectivity index (χ2n) is 6.12. The summed E-state index contributed by atoms with van der Waals surface area (Å²) in [5.74, 6) is -0.299. The summed E-state index contributed by atoms with van der Waals surface area (Å²) >= 11 is 0. The Balaban J connectivity index is 1.38. The Bertz CT molecular complexity index is 1110. The van der Waals surface area contributed by atoms with Gasteiger partial charge in [0.2, 0.25) is 0 Å². The molecule has 0 atom stereocenters. The Morgan fingerprint density at radius 3 is 2.21 bits per heavy atom. The molecule has 0 fully saturated rings. The monoisotopic (exact) mass is 384 g/mol. The van der Waals surface area contributed by atoms with Crippen LogP contribution in [0.2, 0.25) is 0 Å². The number of carbonyl (C=O) groups is 2. The fraction of sp³-hybridized carbons (Fsp3) is 0. The third-order valence-electron chi connectivity index (χ3n) is 4.15. The maximum atomic E-state index is 12.3. The number of hydrogen-bond donors (Lipinski definition) is 1. The molecule has 0 radical (unpaired) electrons. The van der Waals surface area contributed by atoms with Crippen molar-refractivity contribution in [2.45, 2.75) is 0 Å². The predicted octanol–water partition coefficient (Wildman–Crippen LogP) is 3.74. The molecule has 1 amide bonds. The van der Waals surface area contributed by atoms with E-state index in [1.165, 1.54) is 6.33 Å². The zero-order valence-electron chi connectivity index (χ0n) is 15.2. The first-order valence-corrected chi connectivity index (χ1v) is 8.83. The molecule has 0 aliphatic rings. The van der Waals surface area contributed by atoms with Gasteiger partial charge in [0.1, 0.15) is 18.4 Å². The van der Waals surface area contributed by atoms with Gasteiger partial charge in [-0.3, -0.25) is 4.79 Å². The molecule has 0 spiro atoms. The lowest BCUT2D eigenvalue weighted by Crippen LogP contribution is -2.12. The van der Waals surface area contributed by atoms with Gasteiger partial charge in [-0.1, -0.05) is 18.2 Å². The number of hydrogen-bond acceptors (Lipinski definition) is 5. The molecule has 4 rings (SSSR count). The zero-order valence-corrected chi connectivity index (χ0v) is 15.2. The number of anilines is 1. The van der Waals surface area contributed by atoms with E-state index in [1.807, 2.05) is 6.07 Å². The second kappa shape index (κ2) is 8.18. The van der Waals surface area contributed by atoms with Gasteiger partial charge in [0.25, 0.3) is 5.91 Å². The van der Waals surface area contributed by atoms with Crippen molar-refractivity contribution >= 4 is 17.6 Å². The molecule has 4 aromatic rings. The fourth-order valence-electron chi connectivity index (χ4n) is 2.66. The van der Waals surface area contributed by atoms with Gasteiger partial charge in [0.05, 0.1) is 11.3 Å². The van der Waals surface area contributed by atoms with Crippen molar-refractivity contribution in [3.8, 4) is 11.4 Å². The van der Waals surface area contributed by atoms with E-state index < -0.39 is 5.97 Å². The van der Waals surface area contributed by atoms with Gasteiger partial charge in [-0.15, -0.1) is 0 Å². The van der Waals surface area contributed by atoms with Gasteiger partial charge in [0, 0.05) is 11.3 Å². The molecule has 0 unspecified atom stereocenters. The van der Waals surface area contributed by atoms with Crippen LogP contribution in [-0.2, 0) is 0 Å². The topological polar surface area (TPSA) is 86.1 Å². The zero-order chi connectivity index (χ0) is 20.1. The number of nitrogens with one attached hydrogen (secondary N) is 1. The number of aromatic nitrogens is 3. The minimum Gasteiger partial charge on any atom is -0.423 e. The van der Waals surface area contributed by atoms with E-state index >= 15 is 0 Å². The van der Waals surface area contributed by atoms with E-state index in [9.17, 15) is 9.59 Å². The average Bonchev–Trinajstić information content (AvgIpc) is 3.31. The van der Waals surface area contributed by atoms with Gasteiger partial charge in [0.15, 0.2) is 0 Å². The highest BCUT2D eigenvalue weighted by Gasteiger charge is 2.10. The van der Waals surface area contributed by atoms with E-state index in [0.717, 1.165) is 5.69 Å². The molecule has 0 aliphatic carbocycles. The molecule has 0 saturated carbocycles. The predicted molar refractivity (Wildman–Crippen MR) is 107 cm³/mol. The quantitative estimate of drug-likeness (QED) is 0.418. The SMILES string of the molecule is O=C(Nc1ccc(OC(=O)c2ccc(-n3cncn3)cc2)cc1)c1ccccc1. The summed E-state index contributed by atoms with van der Waals surface area (Å²) in [6.45, 7) is 0. The second-order valence-corrected chi connectivity index (χ2v) is 6.12. The molecule has 0 saturated heterocycles. The standard InChI is InChI=1S/C22H16N4O3/c27-21(16-4-2-1-3-5-16)25-18-8-12-20(13-9-18)29-22(28)17-6-10-19(11-7-17)26-15-23-14-24-26/h1-15H,(H,25,27). The smallest absolute Gasteiger partial charge is 0.343 e. The van der Waals surface area contributed by atoms with Crippen molar-refractivity contribution in [3.63, 3.8) is 0 Å². The van der Waals surface area contributed by atoms with E-state index in [1.54, 1.807) is 83.8 Å². The van der Waals surface area contributed by atoms with Gasteiger partial charge in [-0.05, 0) is 60.7 Å². The van der Waals surface area contributed by atoms with Crippen molar-refractivity contribution in [1.82, 2.24) is 14.8 Å². The molecule has 7 nitrogen and oxygen atoms in total. The lowest BCUT2D eigenvalue weighted by atomic mass is 10.2. The van der Waals surface area contributed by atoms with Crippen LogP contribution in [0, 0.1) is 0 Å². The number of ether oxygens (including phenoxy) is 1. The van der Waals surface area contributed by atoms with E-state index in [-0.39, 0.29) is 5.91 Å². The number of nitrogens with zero attached hydrogens (tertiary/aromatic N) is 3. The van der Waals surface area contributed by atoms with Crippen molar-refractivity contribution in [2.75, 3.05) is 5.32 Å². The molecule has 29 heavy (non-hydrogen) atoms. The Labute approximate surface area is 166 Å². The van der Waals surface area contributed by atoms with Crippen LogP contribution < -0.4 is 10.1 Å². The maximum absolute atomic E-state index is 12.3. The molecule has 1 N–H and O–H groups in total. The van der Waals surface area contributed by atoms with Crippen molar-refractivity contribution < 1.29 is 14.3 Å². The minimum atomic E-state index is -0.476. The first kappa shape index (κ1) is 18.1. The Kier molecular flexibility index (Phi) is 5.11. The molecule has 142 valence electrons. The highest BCUT2D eigenvalue weighted by molar-refractivity contribution is 6.04. The number of esters is 1. The third kappa shape index (κ3) is 4.36. The summed E-state index contributed by atoms with van der Waals surface area (Å²) < 4.78 is 6.98. The van der Waals surface area contributed by atoms with Crippen LogP contribution >= 0.6 is 0 Å². The van der Waals surface area contributed by atoms with Crippen molar-refractivity contribution in [2.24, 2.45) is 0 Å². The first-order chi connectivity index (χ1) is 14.2. The molecular formula is C22H16N4O3. The minimum absolute atomic E-state index is 0.206. The van der Waals surface area contributed by atoms with Crippen LogP contribution in [-0.4, -0.2) is 26.6 Å². The average molecular weight is 384 g/mol. The highest BCUT2D eigenvalue weighted by atomic mass is 16.5. The van der Waals surface area contributed by atoms with Crippen molar-refractivity contribution in [1.29, 1.82) is 0 Å². The third-order valence-corrected chi connectivity index (χ3v) is 4.15. The molecule has 1 aromatic heterocycles.